The van der Waals surface area contributed by atoms with E-state index >= 15 is 0 Å². The van der Waals surface area contributed by atoms with E-state index in [2.05, 4.69) is 25.8 Å². The molecule has 0 aromatic heterocycles. The number of aliphatic hydroxyl groups is 1. The van der Waals surface area contributed by atoms with Gasteiger partial charge in [-0.3, -0.25) is 4.79 Å². The molecule has 1 spiro atoms. The molecule has 31 heavy (non-hydrogen) atoms. The van der Waals surface area contributed by atoms with Gasteiger partial charge in [0.15, 0.2) is 0 Å². The minimum Gasteiger partial charge on any atom is -0.462 e. The maximum atomic E-state index is 12.9. The summed E-state index contributed by atoms with van der Waals surface area (Å²) in [6.45, 7) is 6.82. The number of nitrogens with zero attached hydrogens (tertiary/aromatic N) is 1. The zero-order valence-electron chi connectivity index (χ0n) is 19.1. The lowest BCUT2D eigenvalue weighted by atomic mass is 9.53. The molecule has 5 nitrogen and oxygen atoms in total. The second-order valence-electron chi connectivity index (χ2n) is 11.2. The molecular weight excluding hydrogens is 390 g/mol. The molecule has 2 aliphatic carbocycles. The number of aliphatic hydroxyl groups excluding tert-OH is 1. The highest BCUT2D eigenvalue weighted by Crippen LogP contribution is 2.62. The van der Waals surface area contributed by atoms with Gasteiger partial charge < -0.3 is 19.5 Å². The van der Waals surface area contributed by atoms with E-state index in [4.69, 9.17) is 9.47 Å². The number of benzene rings is 1. The molecule has 1 N–H and O–H groups in total. The van der Waals surface area contributed by atoms with Crippen molar-refractivity contribution in [3.05, 3.63) is 35.9 Å². The number of esters is 1. The number of fused-ring (bicyclic) bond motifs is 3. The first kappa shape index (κ1) is 21.4. The fourth-order valence-electron chi connectivity index (χ4n) is 7.15. The van der Waals surface area contributed by atoms with Crippen molar-refractivity contribution in [2.75, 3.05) is 26.7 Å². The van der Waals surface area contributed by atoms with E-state index in [1.807, 2.05) is 30.3 Å². The van der Waals surface area contributed by atoms with Crippen molar-refractivity contribution < 1.29 is 19.4 Å². The van der Waals surface area contributed by atoms with Crippen LogP contribution in [0.2, 0.25) is 0 Å². The Morgan fingerprint density at radius 1 is 1.26 bits per heavy atom. The third-order valence-corrected chi connectivity index (χ3v) is 8.87. The van der Waals surface area contributed by atoms with E-state index < -0.39 is 6.10 Å². The molecule has 2 saturated heterocycles. The fraction of sp³-hybridized carbons (Fsp3) is 0.731. The summed E-state index contributed by atoms with van der Waals surface area (Å²) < 4.78 is 12.0. The Balaban J connectivity index is 1.24. The van der Waals surface area contributed by atoms with Gasteiger partial charge in [0.1, 0.15) is 6.10 Å². The van der Waals surface area contributed by atoms with Gasteiger partial charge in [-0.05, 0) is 62.0 Å². The van der Waals surface area contributed by atoms with Gasteiger partial charge in [0.05, 0.1) is 24.2 Å². The maximum absolute atomic E-state index is 12.9. The van der Waals surface area contributed by atoms with Crippen molar-refractivity contribution in [3.63, 3.8) is 0 Å². The van der Waals surface area contributed by atoms with Crippen molar-refractivity contribution in [2.45, 2.75) is 63.8 Å². The molecule has 1 unspecified atom stereocenters. The zero-order valence-corrected chi connectivity index (χ0v) is 19.1. The van der Waals surface area contributed by atoms with Crippen molar-refractivity contribution >= 4 is 5.97 Å². The van der Waals surface area contributed by atoms with Crippen LogP contribution >= 0.6 is 0 Å². The molecule has 8 atom stereocenters. The van der Waals surface area contributed by atoms with Crippen LogP contribution in [0.25, 0.3) is 0 Å². The molecule has 170 valence electrons. The quantitative estimate of drug-likeness (QED) is 0.552. The standard InChI is InChI=1S/C26H37NO4/c1-17(23(28)18-8-5-4-6-9-18)14-27(3)15-20-19-12-22-25(2,13-21(19)31-24(20)29)10-7-11-26(22)16-30-26/h4-6,8-9,17,19-23,28H,7,10-16H2,1-3H3/t17-,19-,20?,21-,22-,23-,25-,26+/m1/s1. The number of carbonyl (C=O) groups is 1. The predicted molar refractivity (Wildman–Crippen MR) is 118 cm³/mol. The topological polar surface area (TPSA) is 62.3 Å². The van der Waals surface area contributed by atoms with Crippen LogP contribution in [0.1, 0.15) is 57.6 Å². The Hall–Kier alpha value is -1.43. The molecule has 1 aromatic rings. The highest BCUT2D eigenvalue weighted by Gasteiger charge is 2.65. The van der Waals surface area contributed by atoms with Crippen molar-refractivity contribution in [1.82, 2.24) is 4.90 Å². The van der Waals surface area contributed by atoms with E-state index in [0.29, 0.717) is 18.4 Å². The first-order valence-electron chi connectivity index (χ1n) is 12.1. The van der Waals surface area contributed by atoms with Crippen molar-refractivity contribution in [3.8, 4) is 0 Å². The number of ether oxygens (including phenoxy) is 2. The molecular formula is C26H37NO4. The number of carbonyl (C=O) groups excluding carboxylic acids is 1. The van der Waals surface area contributed by atoms with Gasteiger partial charge in [0.25, 0.3) is 0 Å². The molecule has 4 aliphatic rings. The lowest BCUT2D eigenvalue weighted by Crippen LogP contribution is -2.51. The monoisotopic (exact) mass is 427 g/mol. The highest BCUT2D eigenvalue weighted by molar-refractivity contribution is 5.75. The van der Waals surface area contributed by atoms with Crippen molar-refractivity contribution in [2.24, 2.45) is 29.1 Å². The second kappa shape index (κ2) is 7.86. The molecule has 0 amide bonds. The Morgan fingerprint density at radius 2 is 2.00 bits per heavy atom. The summed E-state index contributed by atoms with van der Waals surface area (Å²) in [4.78, 5) is 15.1. The SMILES string of the molecule is C[C@H](CN(C)CC1C(=O)O[C@@H]2C[C@@]3(C)CCC[C@]4(CO4)[C@@H]3C[C@H]12)[C@@H](O)c1ccccc1. The summed E-state index contributed by atoms with van der Waals surface area (Å²) in [6, 6.07) is 9.83. The van der Waals surface area contributed by atoms with Gasteiger partial charge in [-0.1, -0.05) is 44.2 Å². The molecule has 5 rings (SSSR count). The van der Waals surface area contributed by atoms with Crippen LogP contribution in [0.3, 0.4) is 0 Å². The second-order valence-corrected chi connectivity index (χ2v) is 11.2. The first-order chi connectivity index (χ1) is 14.8. The average molecular weight is 428 g/mol. The van der Waals surface area contributed by atoms with Gasteiger partial charge in [-0.25, -0.2) is 0 Å². The van der Waals surface area contributed by atoms with Crippen LogP contribution in [-0.4, -0.2) is 54.4 Å². The fourth-order valence-corrected chi connectivity index (χ4v) is 7.15. The smallest absolute Gasteiger partial charge is 0.310 e. The van der Waals surface area contributed by atoms with Crippen molar-refractivity contribution in [1.29, 1.82) is 0 Å². The van der Waals surface area contributed by atoms with Crippen LogP contribution < -0.4 is 0 Å². The van der Waals surface area contributed by atoms with E-state index in [-0.39, 0.29) is 34.9 Å². The number of hydrogen-bond donors (Lipinski definition) is 1. The highest BCUT2D eigenvalue weighted by atomic mass is 16.6. The number of epoxide rings is 1. The summed E-state index contributed by atoms with van der Waals surface area (Å²) >= 11 is 0. The van der Waals surface area contributed by atoms with Gasteiger partial charge in [-0.2, -0.15) is 0 Å². The molecule has 2 heterocycles. The Labute approximate surface area is 186 Å². The lowest BCUT2D eigenvalue weighted by molar-refractivity contribution is -0.147. The van der Waals surface area contributed by atoms with Crippen LogP contribution in [0.4, 0.5) is 0 Å². The minimum absolute atomic E-state index is 0.0221. The van der Waals surface area contributed by atoms with Gasteiger partial charge in [0, 0.05) is 19.0 Å². The summed E-state index contributed by atoms with van der Waals surface area (Å²) in [5.74, 6) is 0.832. The molecule has 2 saturated carbocycles. The van der Waals surface area contributed by atoms with Crippen LogP contribution in [0.15, 0.2) is 30.3 Å². The minimum atomic E-state index is -0.503. The maximum Gasteiger partial charge on any atom is 0.310 e. The number of rotatable bonds is 6. The third kappa shape index (κ3) is 3.83. The zero-order chi connectivity index (χ0) is 21.8. The van der Waals surface area contributed by atoms with Crippen LogP contribution in [-0.2, 0) is 14.3 Å². The summed E-state index contributed by atoms with van der Waals surface area (Å²) in [5, 5.41) is 10.7. The molecule has 2 aliphatic heterocycles. The summed E-state index contributed by atoms with van der Waals surface area (Å²) in [6.07, 6.45) is 5.23. The molecule has 0 radical (unpaired) electrons. The van der Waals surface area contributed by atoms with Gasteiger partial charge in [0.2, 0.25) is 0 Å². The normalized spacial score (nSPS) is 40.9. The third-order valence-electron chi connectivity index (χ3n) is 8.87. The van der Waals surface area contributed by atoms with Crippen LogP contribution in [0.5, 0.6) is 0 Å². The summed E-state index contributed by atoms with van der Waals surface area (Å²) in [5.41, 5.74) is 1.28. The molecule has 1 aromatic carbocycles. The van der Waals surface area contributed by atoms with Crippen LogP contribution in [0, 0.1) is 29.1 Å². The van der Waals surface area contributed by atoms with Gasteiger partial charge in [-0.15, -0.1) is 0 Å². The molecule has 0 bridgehead atoms. The summed E-state index contributed by atoms with van der Waals surface area (Å²) in [7, 11) is 2.06. The Kier molecular flexibility index (Phi) is 5.43. The largest absolute Gasteiger partial charge is 0.462 e. The van der Waals surface area contributed by atoms with E-state index in [1.165, 1.54) is 19.3 Å². The van der Waals surface area contributed by atoms with Gasteiger partial charge >= 0.3 is 5.97 Å². The van der Waals surface area contributed by atoms with E-state index in [1.54, 1.807) is 0 Å². The predicted octanol–water partition coefficient (Wildman–Crippen LogP) is 3.81. The van der Waals surface area contributed by atoms with E-state index in [0.717, 1.165) is 31.6 Å². The average Bonchev–Trinajstić information content (AvgIpc) is 3.45. The lowest BCUT2D eigenvalue weighted by Gasteiger charge is -2.51. The Bertz CT molecular complexity index is 809. The first-order valence-corrected chi connectivity index (χ1v) is 12.1. The molecule has 5 heteroatoms. The molecule has 4 fully saturated rings. The van der Waals surface area contributed by atoms with E-state index in [9.17, 15) is 9.90 Å². The number of hydrogen-bond acceptors (Lipinski definition) is 5. The Morgan fingerprint density at radius 3 is 2.71 bits per heavy atom.